The van der Waals surface area contributed by atoms with Gasteiger partial charge in [0.05, 0.1) is 12.8 Å². The minimum atomic E-state index is -3.24. The molecule has 2 aromatic carbocycles. The smallest absolute Gasteiger partial charge is 0.321 e. The van der Waals surface area contributed by atoms with E-state index < -0.39 is 10.0 Å². The minimum absolute atomic E-state index is 0.216. The highest BCUT2D eigenvalue weighted by atomic mass is 32.2. The molecule has 31 heavy (non-hydrogen) atoms. The number of furan rings is 1. The zero-order valence-corrected chi connectivity index (χ0v) is 18.8. The van der Waals surface area contributed by atoms with Crippen LogP contribution in [0.25, 0.3) is 11.0 Å². The summed E-state index contributed by atoms with van der Waals surface area (Å²) in [5, 5.41) is 4.03. The van der Waals surface area contributed by atoms with Crippen molar-refractivity contribution in [3.8, 4) is 0 Å². The van der Waals surface area contributed by atoms with Crippen LogP contribution < -0.4 is 5.32 Å². The Kier molecular flexibility index (Phi) is 5.77. The van der Waals surface area contributed by atoms with Gasteiger partial charge < -0.3 is 14.6 Å². The Morgan fingerprint density at radius 1 is 1.19 bits per heavy atom. The summed E-state index contributed by atoms with van der Waals surface area (Å²) in [4.78, 5) is 14.6. The molecular formula is C23H27N3O4S. The third-order valence-electron chi connectivity index (χ3n) is 5.79. The van der Waals surface area contributed by atoms with Crippen LogP contribution >= 0.6 is 0 Å². The van der Waals surface area contributed by atoms with Gasteiger partial charge in [0.2, 0.25) is 10.0 Å². The number of benzene rings is 2. The summed E-state index contributed by atoms with van der Waals surface area (Å²) in [5.74, 6) is 0.888. The van der Waals surface area contributed by atoms with Crippen LogP contribution in [0.2, 0.25) is 0 Å². The number of amides is 2. The van der Waals surface area contributed by atoms with Gasteiger partial charge in [0.1, 0.15) is 11.3 Å². The SMILES string of the molecule is CCc1oc2ccccc2c1CN(C)C(=O)Nc1cccc2c1CCN(S(C)(=O)=O)C2. The van der Waals surface area contributed by atoms with E-state index in [0.717, 1.165) is 45.5 Å². The number of rotatable bonds is 5. The number of sulfonamides is 1. The summed E-state index contributed by atoms with van der Waals surface area (Å²) in [6, 6.07) is 13.3. The average molecular weight is 442 g/mol. The monoisotopic (exact) mass is 441 g/mol. The Morgan fingerprint density at radius 2 is 1.97 bits per heavy atom. The van der Waals surface area contributed by atoms with Crippen molar-refractivity contribution in [2.24, 2.45) is 0 Å². The number of aryl methyl sites for hydroxylation is 1. The summed E-state index contributed by atoms with van der Waals surface area (Å²) >= 11 is 0. The van der Waals surface area contributed by atoms with E-state index in [1.54, 1.807) is 11.9 Å². The Labute approximate surface area is 182 Å². The van der Waals surface area contributed by atoms with Crippen LogP contribution in [0.3, 0.4) is 0 Å². The lowest BCUT2D eigenvalue weighted by atomic mass is 9.99. The van der Waals surface area contributed by atoms with Gasteiger partial charge in [0.15, 0.2) is 0 Å². The van der Waals surface area contributed by atoms with Gasteiger partial charge in [-0.1, -0.05) is 37.3 Å². The predicted octanol–water partition coefficient (Wildman–Crippen LogP) is 3.98. The molecule has 0 fully saturated rings. The van der Waals surface area contributed by atoms with Crippen LogP contribution in [0.5, 0.6) is 0 Å². The maximum atomic E-state index is 13.0. The molecule has 1 N–H and O–H groups in total. The van der Waals surface area contributed by atoms with E-state index in [2.05, 4.69) is 5.32 Å². The number of nitrogens with zero attached hydrogens (tertiary/aromatic N) is 2. The van der Waals surface area contributed by atoms with Crippen molar-refractivity contribution in [2.75, 3.05) is 25.2 Å². The predicted molar refractivity (Wildman–Crippen MR) is 121 cm³/mol. The molecular weight excluding hydrogens is 414 g/mol. The zero-order valence-electron chi connectivity index (χ0n) is 18.0. The fraction of sp³-hybridized carbons (Fsp3) is 0.348. The zero-order chi connectivity index (χ0) is 22.2. The third kappa shape index (κ3) is 4.31. The summed E-state index contributed by atoms with van der Waals surface area (Å²) < 4.78 is 31.2. The normalized spacial score (nSPS) is 14.4. The molecule has 0 unspecified atom stereocenters. The highest BCUT2D eigenvalue weighted by Gasteiger charge is 2.25. The molecule has 1 aliphatic heterocycles. The molecule has 0 bridgehead atoms. The molecule has 0 aliphatic carbocycles. The topological polar surface area (TPSA) is 82.9 Å². The Hall–Kier alpha value is -2.84. The first-order valence-corrected chi connectivity index (χ1v) is 12.2. The van der Waals surface area contributed by atoms with Crippen LogP contribution in [0.4, 0.5) is 10.5 Å². The Balaban J connectivity index is 1.52. The lowest BCUT2D eigenvalue weighted by Gasteiger charge is -2.28. The number of fused-ring (bicyclic) bond motifs is 2. The highest BCUT2D eigenvalue weighted by molar-refractivity contribution is 7.88. The number of para-hydroxylation sites is 1. The lowest BCUT2D eigenvalue weighted by molar-refractivity contribution is 0.220. The van der Waals surface area contributed by atoms with Crippen molar-refractivity contribution in [3.05, 3.63) is 64.9 Å². The van der Waals surface area contributed by atoms with Crippen LogP contribution in [-0.4, -0.2) is 43.5 Å². The molecule has 0 spiro atoms. The number of hydrogen-bond acceptors (Lipinski definition) is 4. The van der Waals surface area contributed by atoms with E-state index in [1.165, 1.54) is 10.6 Å². The Morgan fingerprint density at radius 3 is 2.71 bits per heavy atom. The summed E-state index contributed by atoms with van der Waals surface area (Å²) in [7, 11) is -1.48. The summed E-state index contributed by atoms with van der Waals surface area (Å²) in [5.41, 5.74) is 4.50. The minimum Gasteiger partial charge on any atom is -0.461 e. The first kappa shape index (κ1) is 21.4. The van der Waals surface area contributed by atoms with E-state index in [-0.39, 0.29) is 6.03 Å². The van der Waals surface area contributed by atoms with Gasteiger partial charge in [-0.25, -0.2) is 13.2 Å². The molecule has 8 heteroatoms. The second-order valence-electron chi connectivity index (χ2n) is 7.93. The molecule has 2 heterocycles. The van der Waals surface area contributed by atoms with Crippen molar-refractivity contribution in [1.82, 2.24) is 9.21 Å². The molecule has 7 nitrogen and oxygen atoms in total. The van der Waals surface area contributed by atoms with E-state index in [0.29, 0.717) is 26.1 Å². The maximum Gasteiger partial charge on any atom is 0.321 e. The quantitative estimate of drug-likeness (QED) is 0.649. The Bertz CT molecular complexity index is 1230. The fourth-order valence-electron chi connectivity index (χ4n) is 4.11. The number of hydrogen-bond donors (Lipinski definition) is 1. The van der Waals surface area contributed by atoms with Gasteiger partial charge in [-0.3, -0.25) is 0 Å². The summed E-state index contributed by atoms with van der Waals surface area (Å²) in [6.45, 7) is 3.21. The van der Waals surface area contributed by atoms with Crippen LogP contribution in [0, 0.1) is 0 Å². The fourth-order valence-corrected chi connectivity index (χ4v) is 4.91. The summed E-state index contributed by atoms with van der Waals surface area (Å²) in [6.07, 6.45) is 2.54. The third-order valence-corrected chi connectivity index (χ3v) is 7.04. The van der Waals surface area contributed by atoms with E-state index in [9.17, 15) is 13.2 Å². The molecule has 1 aliphatic rings. The molecule has 1 aromatic heterocycles. The molecule has 0 atom stereocenters. The van der Waals surface area contributed by atoms with Gasteiger partial charge in [0, 0.05) is 43.2 Å². The average Bonchev–Trinajstić information content (AvgIpc) is 3.10. The second-order valence-corrected chi connectivity index (χ2v) is 9.91. The number of carbonyl (C=O) groups is 1. The van der Waals surface area contributed by atoms with E-state index in [1.807, 2.05) is 49.4 Å². The van der Waals surface area contributed by atoms with E-state index in [4.69, 9.17) is 4.42 Å². The first-order chi connectivity index (χ1) is 14.8. The van der Waals surface area contributed by atoms with Crippen molar-refractivity contribution in [2.45, 2.75) is 32.9 Å². The van der Waals surface area contributed by atoms with E-state index >= 15 is 0 Å². The van der Waals surface area contributed by atoms with Crippen molar-refractivity contribution < 1.29 is 17.6 Å². The first-order valence-electron chi connectivity index (χ1n) is 10.3. The largest absolute Gasteiger partial charge is 0.461 e. The molecule has 0 saturated carbocycles. The number of nitrogens with one attached hydrogen (secondary N) is 1. The van der Waals surface area contributed by atoms with Gasteiger partial charge >= 0.3 is 6.03 Å². The standard InChI is InChI=1S/C23H27N3O4S/c1-4-21-19(18-9-5-6-11-22(18)30-21)15-25(2)23(27)24-20-10-7-8-16-14-26(31(3,28)29)13-12-17(16)20/h5-11H,4,12-15H2,1-3H3,(H,24,27). The molecule has 4 rings (SSSR count). The molecule has 2 amide bonds. The number of carbonyl (C=O) groups excluding carboxylic acids is 1. The van der Waals surface area contributed by atoms with Crippen LogP contribution in [0.15, 0.2) is 46.9 Å². The molecule has 0 radical (unpaired) electrons. The van der Waals surface area contributed by atoms with Crippen molar-refractivity contribution in [3.63, 3.8) is 0 Å². The highest BCUT2D eigenvalue weighted by Crippen LogP contribution is 2.29. The number of urea groups is 1. The lowest BCUT2D eigenvalue weighted by Crippen LogP contribution is -2.36. The van der Waals surface area contributed by atoms with Gasteiger partial charge in [-0.05, 0) is 29.7 Å². The van der Waals surface area contributed by atoms with Gasteiger partial charge in [-0.2, -0.15) is 4.31 Å². The molecule has 0 saturated heterocycles. The maximum absolute atomic E-state index is 13.0. The van der Waals surface area contributed by atoms with Crippen LogP contribution in [-0.2, 0) is 36.0 Å². The van der Waals surface area contributed by atoms with Crippen molar-refractivity contribution >= 4 is 32.7 Å². The number of anilines is 1. The van der Waals surface area contributed by atoms with Crippen LogP contribution in [0.1, 0.15) is 29.4 Å². The molecule has 164 valence electrons. The van der Waals surface area contributed by atoms with Crippen molar-refractivity contribution in [1.29, 1.82) is 0 Å². The van der Waals surface area contributed by atoms with Gasteiger partial charge in [0.25, 0.3) is 0 Å². The molecule has 3 aromatic rings. The van der Waals surface area contributed by atoms with Gasteiger partial charge in [-0.15, -0.1) is 0 Å². The second kappa shape index (κ2) is 8.36.